The number of ketones is 1. The van der Waals surface area contributed by atoms with Gasteiger partial charge in [0.15, 0.2) is 5.78 Å². The molecule has 0 spiro atoms. The van der Waals surface area contributed by atoms with Crippen molar-refractivity contribution in [2.75, 3.05) is 0 Å². The van der Waals surface area contributed by atoms with Crippen LogP contribution in [0.15, 0.2) is 27.6 Å². The number of carbonyl (C=O) groups is 1. The van der Waals surface area contributed by atoms with Crippen molar-refractivity contribution < 1.29 is 4.79 Å². The van der Waals surface area contributed by atoms with Gasteiger partial charge in [0.05, 0.1) is 0 Å². The molecule has 0 aromatic heterocycles. The lowest BCUT2D eigenvalue weighted by molar-refractivity contribution is 0.101. The van der Waals surface area contributed by atoms with E-state index in [-0.39, 0.29) is 10.5 Å². The standard InChI is InChI=1S/C12H15BrOS/c1-8(14)10-7-9(13)5-6-11(10)15-12(2,3)4/h5-7H,1-4H3. The molecule has 0 aliphatic rings. The molecule has 0 saturated heterocycles. The van der Waals surface area contributed by atoms with E-state index in [2.05, 4.69) is 36.7 Å². The van der Waals surface area contributed by atoms with Crippen molar-refractivity contribution in [3.05, 3.63) is 28.2 Å². The van der Waals surface area contributed by atoms with E-state index in [1.807, 2.05) is 18.2 Å². The molecule has 0 amide bonds. The summed E-state index contributed by atoms with van der Waals surface area (Å²) in [5, 5.41) is 0. The van der Waals surface area contributed by atoms with Gasteiger partial charge >= 0.3 is 0 Å². The Hall–Kier alpha value is -0.280. The molecule has 0 bridgehead atoms. The van der Waals surface area contributed by atoms with Crippen LogP contribution < -0.4 is 0 Å². The van der Waals surface area contributed by atoms with Gasteiger partial charge in [0.2, 0.25) is 0 Å². The van der Waals surface area contributed by atoms with Crippen molar-refractivity contribution in [2.24, 2.45) is 0 Å². The maximum Gasteiger partial charge on any atom is 0.160 e. The largest absolute Gasteiger partial charge is 0.294 e. The third-order valence-corrected chi connectivity index (χ3v) is 3.42. The molecule has 0 aliphatic heterocycles. The summed E-state index contributed by atoms with van der Waals surface area (Å²) in [5.41, 5.74) is 0.796. The van der Waals surface area contributed by atoms with Gasteiger partial charge in [-0.1, -0.05) is 36.7 Å². The van der Waals surface area contributed by atoms with Crippen LogP contribution in [0.5, 0.6) is 0 Å². The van der Waals surface area contributed by atoms with Crippen LogP contribution in [-0.2, 0) is 0 Å². The van der Waals surface area contributed by atoms with E-state index in [0.717, 1.165) is 14.9 Å². The maximum absolute atomic E-state index is 11.5. The van der Waals surface area contributed by atoms with Crippen LogP contribution in [-0.4, -0.2) is 10.5 Å². The molecule has 1 aromatic carbocycles. The van der Waals surface area contributed by atoms with Crippen molar-refractivity contribution in [1.29, 1.82) is 0 Å². The summed E-state index contributed by atoms with van der Waals surface area (Å²) in [5.74, 6) is 0.114. The third-order valence-electron chi connectivity index (χ3n) is 1.74. The van der Waals surface area contributed by atoms with Crippen molar-refractivity contribution >= 4 is 33.5 Å². The predicted molar refractivity (Wildman–Crippen MR) is 69.8 cm³/mol. The molecule has 1 rings (SSSR count). The first-order valence-electron chi connectivity index (χ1n) is 4.79. The number of hydrogen-bond donors (Lipinski definition) is 0. The lowest BCUT2D eigenvalue weighted by Crippen LogP contribution is -2.08. The minimum atomic E-state index is 0.114. The lowest BCUT2D eigenvalue weighted by Gasteiger charge is -2.19. The van der Waals surface area contributed by atoms with Crippen LogP contribution in [0.25, 0.3) is 0 Å². The predicted octanol–water partition coefficient (Wildman–Crippen LogP) is 4.54. The Balaban J connectivity index is 3.12. The maximum atomic E-state index is 11.5. The number of halogens is 1. The van der Waals surface area contributed by atoms with Crippen LogP contribution in [0, 0.1) is 0 Å². The van der Waals surface area contributed by atoms with Gasteiger partial charge in [-0.25, -0.2) is 0 Å². The normalized spacial score (nSPS) is 11.5. The number of hydrogen-bond acceptors (Lipinski definition) is 2. The first kappa shape index (κ1) is 12.8. The Labute approximate surface area is 104 Å². The summed E-state index contributed by atoms with van der Waals surface area (Å²) in [6.07, 6.45) is 0. The van der Waals surface area contributed by atoms with E-state index < -0.39 is 0 Å². The zero-order valence-corrected chi connectivity index (χ0v) is 11.8. The summed E-state index contributed by atoms with van der Waals surface area (Å²) < 4.78 is 1.07. The summed E-state index contributed by atoms with van der Waals surface area (Å²) in [7, 11) is 0. The van der Waals surface area contributed by atoms with Gasteiger partial charge in [-0.05, 0) is 25.1 Å². The van der Waals surface area contributed by atoms with Crippen LogP contribution in [0.3, 0.4) is 0 Å². The number of rotatable bonds is 2. The topological polar surface area (TPSA) is 17.1 Å². The molecule has 0 radical (unpaired) electrons. The average molecular weight is 287 g/mol. The molecule has 0 unspecified atom stereocenters. The number of carbonyl (C=O) groups excluding carboxylic acids is 1. The monoisotopic (exact) mass is 286 g/mol. The highest BCUT2D eigenvalue weighted by atomic mass is 79.9. The lowest BCUT2D eigenvalue weighted by atomic mass is 10.1. The first-order chi connectivity index (χ1) is 6.79. The molecule has 0 heterocycles. The van der Waals surface area contributed by atoms with Crippen molar-refractivity contribution in [3.63, 3.8) is 0 Å². The highest BCUT2D eigenvalue weighted by molar-refractivity contribution is 9.10. The van der Waals surface area contributed by atoms with Gasteiger partial charge in [0.1, 0.15) is 0 Å². The van der Waals surface area contributed by atoms with Crippen LogP contribution in [0.2, 0.25) is 0 Å². The van der Waals surface area contributed by atoms with E-state index in [9.17, 15) is 4.79 Å². The Bertz CT molecular complexity index is 380. The van der Waals surface area contributed by atoms with E-state index in [1.165, 1.54) is 0 Å². The minimum Gasteiger partial charge on any atom is -0.294 e. The van der Waals surface area contributed by atoms with E-state index in [1.54, 1.807) is 18.7 Å². The zero-order valence-electron chi connectivity index (χ0n) is 9.43. The molecule has 0 fully saturated rings. The first-order valence-corrected chi connectivity index (χ1v) is 6.40. The summed E-state index contributed by atoms with van der Waals surface area (Å²) in [6.45, 7) is 8.03. The van der Waals surface area contributed by atoms with Crippen molar-refractivity contribution in [1.82, 2.24) is 0 Å². The highest BCUT2D eigenvalue weighted by Crippen LogP contribution is 2.35. The molecule has 15 heavy (non-hydrogen) atoms. The van der Waals surface area contributed by atoms with E-state index >= 15 is 0 Å². The Morgan fingerprint density at radius 1 is 1.33 bits per heavy atom. The van der Waals surface area contributed by atoms with Gasteiger partial charge in [-0.15, -0.1) is 11.8 Å². The Morgan fingerprint density at radius 2 is 1.93 bits per heavy atom. The smallest absolute Gasteiger partial charge is 0.160 e. The second kappa shape index (κ2) is 4.71. The van der Waals surface area contributed by atoms with Crippen molar-refractivity contribution in [3.8, 4) is 0 Å². The van der Waals surface area contributed by atoms with Gasteiger partial charge in [0, 0.05) is 19.7 Å². The van der Waals surface area contributed by atoms with E-state index in [4.69, 9.17) is 0 Å². The number of Topliss-reactive ketones (excluding diaryl/α,β-unsaturated/α-hetero) is 1. The summed E-state index contributed by atoms with van der Waals surface area (Å²) in [4.78, 5) is 12.5. The summed E-state index contributed by atoms with van der Waals surface area (Å²) >= 11 is 5.11. The fraction of sp³-hybridized carbons (Fsp3) is 0.417. The highest BCUT2D eigenvalue weighted by Gasteiger charge is 2.16. The number of benzene rings is 1. The molecule has 0 aliphatic carbocycles. The van der Waals surface area contributed by atoms with Gasteiger partial charge in [-0.3, -0.25) is 4.79 Å². The van der Waals surface area contributed by atoms with Crippen LogP contribution in [0.1, 0.15) is 38.1 Å². The van der Waals surface area contributed by atoms with E-state index in [0.29, 0.717) is 0 Å². The number of thioether (sulfide) groups is 1. The molecule has 0 saturated carbocycles. The Kier molecular flexibility index (Phi) is 4.01. The third kappa shape index (κ3) is 3.99. The molecule has 1 aromatic rings. The minimum absolute atomic E-state index is 0.114. The molecular formula is C12H15BrOS. The quantitative estimate of drug-likeness (QED) is 0.586. The van der Waals surface area contributed by atoms with Gasteiger partial charge in [-0.2, -0.15) is 0 Å². The second-order valence-electron chi connectivity index (χ2n) is 4.41. The molecule has 0 N–H and O–H groups in total. The SMILES string of the molecule is CC(=O)c1cc(Br)ccc1SC(C)(C)C. The molecule has 3 heteroatoms. The Morgan fingerprint density at radius 3 is 2.40 bits per heavy atom. The van der Waals surface area contributed by atoms with Crippen LogP contribution >= 0.6 is 27.7 Å². The molecule has 82 valence electrons. The molecule has 1 nitrogen and oxygen atoms in total. The van der Waals surface area contributed by atoms with Gasteiger partial charge < -0.3 is 0 Å². The second-order valence-corrected chi connectivity index (χ2v) is 7.20. The fourth-order valence-corrected chi connectivity index (χ4v) is 2.67. The zero-order chi connectivity index (χ0) is 11.6. The average Bonchev–Trinajstić information content (AvgIpc) is 2.05. The summed E-state index contributed by atoms with van der Waals surface area (Å²) in [6, 6.07) is 5.85. The molecule has 0 atom stereocenters. The van der Waals surface area contributed by atoms with Gasteiger partial charge in [0.25, 0.3) is 0 Å². The van der Waals surface area contributed by atoms with Crippen LogP contribution in [0.4, 0.5) is 0 Å². The fourth-order valence-electron chi connectivity index (χ4n) is 1.20. The molecular weight excluding hydrogens is 272 g/mol. The van der Waals surface area contributed by atoms with Crippen molar-refractivity contribution in [2.45, 2.75) is 37.3 Å².